The van der Waals surface area contributed by atoms with E-state index in [-0.39, 0.29) is 10.6 Å². The van der Waals surface area contributed by atoms with Crippen molar-refractivity contribution in [2.45, 2.75) is 51.5 Å². The minimum Gasteiger partial charge on any atom is -0.314 e. The Hall–Kier alpha value is -1.42. The van der Waals surface area contributed by atoms with Crippen LogP contribution in [0.1, 0.15) is 44.6 Å². The quantitative estimate of drug-likeness (QED) is 0.507. The summed E-state index contributed by atoms with van der Waals surface area (Å²) >= 11 is 0. The fraction of sp³-hybridized carbons (Fsp3) is 0.625. The molecule has 1 aromatic rings. The van der Waals surface area contributed by atoms with Gasteiger partial charge in [-0.15, -0.1) is 0 Å². The van der Waals surface area contributed by atoms with Crippen molar-refractivity contribution in [1.29, 1.82) is 0 Å². The maximum absolute atomic E-state index is 10.6. The second-order valence-electron chi connectivity index (χ2n) is 5.94. The van der Waals surface area contributed by atoms with Gasteiger partial charge in [-0.2, -0.15) is 0 Å². The Morgan fingerprint density at radius 2 is 1.95 bits per heavy atom. The van der Waals surface area contributed by atoms with E-state index in [1.165, 1.54) is 32.1 Å². The minimum absolute atomic E-state index is 0.166. The highest BCUT2D eigenvalue weighted by molar-refractivity contribution is 5.32. The third-order valence-corrected chi connectivity index (χ3v) is 4.25. The molecule has 0 spiro atoms. The highest BCUT2D eigenvalue weighted by Crippen LogP contribution is 2.22. The van der Waals surface area contributed by atoms with Crippen LogP contribution in [-0.4, -0.2) is 17.5 Å². The van der Waals surface area contributed by atoms with Crippen molar-refractivity contribution in [3.8, 4) is 0 Å². The van der Waals surface area contributed by atoms with E-state index in [9.17, 15) is 10.1 Å². The van der Waals surface area contributed by atoms with Gasteiger partial charge in [0.2, 0.25) is 0 Å². The Morgan fingerprint density at radius 1 is 1.20 bits per heavy atom. The Morgan fingerprint density at radius 3 is 2.65 bits per heavy atom. The van der Waals surface area contributed by atoms with Crippen LogP contribution in [0, 0.1) is 16.0 Å². The third-order valence-electron chi connectivity index (χ3n) is 4.25. The van der Waals surface area contributed by atoms with E-state index in [1.54, 1.807) is 12.1 Å². The van der Waals surface area contributed by atoms with Crippen molar-refractivity contribution >= 4 is 5.69 Å². The number of hydrogen-bond acceptors (Lipinski definition) is 3. The van der Waals surface area contributed by atoms with Gasteiger partial charge in [-0.1, -0.05) is 31.9 Å². The molecule has 0 aliphatic heterocycles. The molecular weight excluding hydrogens is 252 g/mol. The van der Waals surface area contributed by atoms with Crippen LogP contribution in [0.15, 0.2) is 24.3 Å². The number of nitro benzene ring substituents is 1. The zero-order valence-electron chi connectivity index (χ0n) is 12.2. The predicted molar refractivity (Wildman–Crippen MR) is 80.8 cm³/mol. The second-order valence-corrected chi connectivity index (χ2v) is 5.94. The first kappa shape index (κ1) is 15.0. The van der Waals surface area contributed by atoms with Crippen molar-refractivity contribution in [2.75, 3.05) is 6.54 Å². The molecule has 110 valence electrons. The van der Waals surface area contributed by atoms with Crippen LogP contribution in [0.5, 0.6) is 0 Å². The van der Waals surface area contributed by atoms with Crippen LogP contribution in [0.3, 0.4) is 0 Å². The summed E-state index contributed by atoms with van der Waals surface area (Å²) in [6.45, 7) is 3.30. The van der Waals surface area contributed by atoms with Crippen LogP contribution in [0.4, 0.5) is 5.69 Å². The van der Waals surface area contributed by atoms with Gasteiger partial charge in [0.05, 0.1) is 4.92 Å². The first-order chi connectivity index (χ1) is 9.65. The lowest BCUT2D eigenvalue weighted by Gasteiger charge is -2.16. The summed E-state index contributed by atoms with van der Waals surface area (Å²) < 4.78 is 0. The standard InChI is InChI=1S/C16H24N2O2/c1-13-3-2-4-15(8-5-13)17-12-11-14-6-9-16(10-7-14)18(19)20/h6-7,9-10,13,15,17H,2-5,8,11-12H2,1H3. The van der Waals surface area contributed by atoms with E-state index in [1.807, 2.05) is 12.1 Å². The number of nitrogens with one attached hydrogen (secondary N) is 1. The van der Waals surface area contributed by atoms with Crippen LogP contribution in [-0.2, 0) is 6.42 Å². The van der Waals surface area contributed by atoms with Crippen LogP contribution < -0.4 is 5.32 Å². The molecule has 1 saturated carbocycles. The van der Waals surface area contributed by atoms with E-state index in [2.05, 4.69) is 12.2 Å². The van der Waals surface area contributed by atoms with Gasteiger partial charge in [0, 0.05) is 18.2 Å². The van der Waals surface area contributed by atoms with Gasteiger partial charge < -0.3 is 5.32 Å². The molecule has 0 heterocycles. The summed E-state index contributed by atoms with van der Waals surface area (Å²) in [7, 11) is 0. The van der Waals surface area contributed by atoms with Gasteiger partial charge in [0.25, 0.3) is 5.69 Å². The Labute approximate surface area is 120 Å². The lowest BCUT2D eigenvalue weighted by Crippen LogP contribution is -2.30. The molecule has 4 nitrogen and oxygen atoms in total. The summed E-state index contributed by atoms with van der Waals surface area (Å²) in [5.41, 5.74) is 1.32. The van der Waals surface area contributed by atoms with Crippen molar-refractivity contribution in [3.63, 3.8) is 0 Å². The van der Waals surface area contributed by atoms with E-state index >= 15 is 0 Å². The summed E-state index contributed by atoms with van der Waals surface area (Å²) in [6, 6.07) is 7.54. The molecule has 2 rings (SSSR count). The lowest BCUT2D eigenvalue weighted by molar-refractivity contribution is -0.384. The van der Waals surface area contributed by atoms with Crippen molar-refractivity contribution in [1.82, 2.24) is 5.32 Å². The first-order valence-electron chi connectivity index (χ1n) is 7.62. The molecular formula is C16H24N2O2. The SMILES string of the molecule is CC1CCCC(NCCc2ccc([N+](=O)[O-])cc2)CC1. The molecule has 0 aromatic heterocycles. The zero-order chi connectivity index (χ0) is 14.4. The summed E-state index contributed by atoms with van der Waals surface area (Å²) in [5.74, 6) is 0.872. The number of benzene rings is 1. The molecule has 0 saturated heterocycles. The molecule has 20 heavy (non-hydrogen) atoms. The van der Waals surface area contributed by atoms with E-state index < -0.39 is 0 Å². The molecule has 4 heteroatoms. The van der Waals surface area contributed by atoms with Gasteiger partial charge in [0.1, 0.15) is 0 Å². The topological polar surface area (TPSA) is 55.2 Å². The monoisotopic (exact) mass is 276 g/mol. The average molecular weight is 276 g/mol. The highest BCUT2D eigenvalue weighted by atomic mass is 16.6. The zero-order valence-corrected chi connectivity index (χ0v) is 12.2. The fourth-order valence-corrected chi connectivity index (χ4v) is 2.90. The van der Waals surface area contributed by atoms with Crippen LogP contribution in [0.2, 0.25) is 0 Å². The Kier molecular flexibility index (Phi) is 5.53. The molecule has 0 bridgehead atoms. The van der Waals surface area contributed by atoms with E-state index in [0.29, 0.717) is 6.04 Å². The minimum atomic E-state index is -0.352. The fourth-order valence-electron chi connectivity index (χ4n) is 2.90. The predicted octanol–water partition coefficient (Wildman–Crippen LogP) is 3.70. The smallest absolute Gasteiger partial charge is 0.269 e. The molecule has 0 radical (unpaired) electrons. The largest absolute Gasteiger partial charge is 0.314 e. The number of nitrogens with zero attached hydrogens (tertiary/aromatic N) is 1. The van der Waals surface area contributed by atoms with E-state index in [0.717, 1.165) is 24.4 Å². The van der Waals surface area contributed by atoms with Gasteiger partial charge in [-0.3, -0.25) is 10.1 Å². The van der Waals surface area contributed by atoms with Crippen molar-refractivity contribution < 1.29 is 4.92 Å². The molecule has 2 atom stereocenters. The van der Waals surface area contributed by atoms with Crippen LogP contribution >= 0.6 is 0 Å². The van der Waals surface area contributed by atoms with Gasteiger partial charge in [-0.25, -0.2) is 0 Å². The third kappa shape index (κ3) is 4.60. The van der Waals surface area contributed by atoms with E-state index in [4.69, 9.17) is 0 Å². The maximum Gasteiger partial charge on any atom is 0.269 e. The molecule has 1 N–H and O–H groups in total. The van der Waals surface area contributed by atoms with Crippen molar-refractivity contribution in [2.24, 2.45) is 5.92 Å². The van der Waals surface area contributed by atoms with Gasteiger partial charge >= 0.3 is 0 Å². The molecule has 1 fully saturated rings. The molecule has 1 aromatic carbocycles. The molecule has 2 unspecified atom stereocenters. The Balaban J connectivity index is 1.73. The second kappa shape index (κ2) is 7.39. The number of nitro groups is 1. The number of hydrogen-bond donors (Lipinski definition) is 1. The molecule has 1 aliphatic rings. The summed E-state index contributed by atoms with van der Waals surface area (Å²) in [6.07, 6.45) is 7.52. The average Bonchev–Trinajstić information content (AvgIpc) is 2.64. The van der Waals surface area contributed by atoms with Crippen LogP contribution in [0.25, 0.3) is 0 Å². The Bertz CT molecular complexity index is 431. The number of rotatable bonds is 5. The summed E-state index contributed by atoms with van der Waals surface area (Å²) in [5, 5.41) is 14.2. The first-order valence-corrected chi connectivity index (χ1v) is 7.62. The summed E-state index contributed by atoms with van der Waals surface area (Å²) in [4.78, 5) is 10.2. The molecule has 1 aliphatic carbocycles. The maximum atomic E-state index is 10.6. The van der Waals surface area contributed by atoms with Gasteiger partial charge in [-0.05, 0) is 43.7 Å². The molecule has 0 amide bonds. The van der Waals surface area contributed by atoms with Crippen molar-refractivity contribution in [3.05, 3.63) is 39.9 Å². The number of non-ortho nitro benzene ring substituents is 1. The van der Waals surface area contributed by atoms with Gasteiger partial charge in [0.15, 0.2) is 0 Å². The normalized spacial score (nSPS) is 23.2. The highest BCUT2D eigenvalue weighted by Gasteiger charge is 2.15. The lowest BCUT2D eigenvalue weighted by atomic mass is 10.0.